The van der Waals surface area contributed by atoms with Crippen LogP contribution in [-0.2, 0) is 18.0 Å². The zero-order valence-electron chi connectivity index (χ0n) is 9.21. The summed E-state index contributed by atoms with van der Waals surface area (Å²) in [6.07, 6.45) is -4.50. The van der Waals surface area contributed by atoms with E-state index in [1.807, 2.05) is 0 Å². The summed E-state index contributed by atoms with van der Waals surface area (Å²) in [4.78, 5) is 10.6. The van der Waals surface area contributed by atoms with Crippen LogP contribution < -0.4 is 5.32 Å². The molecule has 0 saturated carbocycles. The lowest BCUT2D eigenvalue weighted by Crippen LogP contribution is -2.22. The van der Waals surface area contributed by atoms with Crippen molar-refractivity contribution in [2.45, 2.75) is 18.3 Å². The van der Waals surface area contributed by atoms with E-state index in [0.29, 0.717) is 12.3 Å². The molecule has 1 amide bonds. The van der Waals surface area contributed by atoms with Gasteiger partial charge in [-0.05, 0) is 0 Å². The molecule has 0 fully saturated rings. The van der Waals surface area contributed by atoms with Gasteiger partial charge in [0.05, 0.1) is 0 Å². The van der Waals surface area contributed by atoms with Crippen LogP contribution in [0.25, 0.3) is 0 Å². The van der Waals surface area contributed by atoms with Crippen molar-refractivity contribution in [3.05, 3.63) is 5.82 Å². The lowest BCUT2D eigenvalue weighted by Gasteiger charge is -2.06. The molecule has 1 aromatic heterocycles. The highest BCUT2D eigenvalue weighted by Crippen LogP contribution is 2.29. The molecule has 0 bridgehead atoms. The van der Waals surface area contributed by atoms with Crippen molar-refractivity contribution >= 4 is 17.7 Å². The predicted molar refractivity (Wildman–Crippen MR) is 55.4 cm³/mol. The highest BCUT2D eigenvalue weighted by atomic mass is 32.2. The van der Waals surface area contributed by atoms with E-state index in [1.165, 1.54) is 14.0 Å². The summed E-state index contributed by atoms with van der Waals surface area (Å²) < 4.78 is 38.0. The Hall–Kier alpha value is -1.25. The third-order valence-corrected chi connectivity index (χ3v) is 2.82. The fraction of sp³-hybridized carbons (Fsp3) is 0.625. The van der Waals surface area contributed by atoms with Crippen LogP contribution in [0.1, 0.15) is 12.7 Å². The summed E-state index contributed by atoms with van der Waals surface area (Å²) in [5.41, 5.74) is 0. The van der Waals surface area contributed by atoms with E-state index in [9.17, 15) is 18.0 Å². The lowest BCUT2D eigenvalue weighted by molar-refractivity contribution is -0.147. The van der Waals surface area contributed by atoms with Crippen LogP contribution in [0.2, 0.25) is 0 Å². The zero-order chi connectivity index (χ0) is 13.1. The number of carbonyl (C=O) groups is 1. The second-order valence-electron chi connectivity index (χ2n) is 3.19. The Kier molecular flexibility index (Phi) is 4.38. The molecule has 1 N–H and O–H groups in total. The Morgan fingerprint density at radius 1 is 1.47 bits per heavy atom. The normalized spacial score (nSPS) is 11.6. The molecule has 0 atom stereocenters. The van der Waals surface area contributed by atoms with Gasteiger partial charge in [0.25, 0.3) is 0 Å². The quantitative estimate of drug-likeness (QED) is 0.655. The molecular weight excluding hydrogens is 257 g/mol. The number of aromatic nitrogens is 3. The summed E-state index contributed by atoms with van der Waals surface area (Å²) in [6, 6.07) is 0. The first-order chi connectivity index (χ1) is 7.82. The Balaban J connectivity index is 2.56. The number of hydrogen-bond acceptors (Lipinski definition) is 4. The fourth-order valence-electron chi connectivity index (χ4n) is 1.06. The molecule has 0 radical (unpaired) electrons. The van der Waals surface area contributed by atoms with Crippen molar-refractivity contribution in [3.63, 3.8) is 0 Å². The van der Waals surface area contributed by atoms with Gasteiger partial charge in [0.15, 0.2) is 5.16 Å². The summed E-state index contributed by atoms with van der Waals surface area (Å²) in [5.74, 6) is -0.775. The number of halogens is 3. The van der Waals surface area contributed by atoms with Crippen LogP contribution in [0.5, 0.6) is 0 Å². The van der Waals surface area contributed by atoms with Gasteiger partial charge >= 0.3 is 6.18 Å². The minimum Gasteiger partial charge on any atom is -0.356 e. The lowest BCUT2D eigenvalue weighted by atomic mass is 10.6. The standard InChI is InChI=1S/C8H11F3N4OS/c1-5(16)12-3-4-17-7-14-13-6(15(7)2)8(9,10)11/h3-4H2,1-2H3,(H,12,16). The molecule has 96 valence electrons. The molecule has 0 unspecified atom stereocenters. The molecule has 5 nitrogen and oxygen atoms in total. The van der Waals surface area contributed by atoms with Gasteiger partial charge in [-0.25, -0.2) is 0 Å². The summed E-state index contributed by atoms with van der Waals surface area (Å²) in [6.45, 7) is 1.74. The van der Waals surface area contributed by atoms with E-state index in [0.717, 1.165) is 16.3 Å². The van der Waals surface area contributed by atoms with Crippen LogP contribution in [0.3, 0.4) is 0 Å². The number of nitrogens with one attached hydrogen (secondary N) is 1. The van der Waals surface area contributed by atoms with E-state index in [-0.39, 0.29) is 11.1 Å². The zero-order valence-corrected chi connectivity index (χ0v) is 10.0. The Bertz CT molecular complexity index is 404. The third kappa shape index (κ3) is 3.91. The highest BCUT2D eigenvalue weighted by molar-refractivity contribution is 7.99. The monoisotopic (exact) mass is 268 g/mol. The molecule has 9 heteroatoms. The van der Waals surface area contributed by atoms with Gasteiger partial charge < -0.3 is 9.88 Å². The summed E-state index contributed by atoms with van der Waals surface area (Å²) in [7, 11) is 1.25. The van der Waals surface area contributed by atoms with Crippen molar-refractivity contribution in [2.24, 2.45) is 7.05 Å². The molecule has 1 heterocycles. The van der Waals surface area contributed by atoms with Gasteiger partial charge in [0.1, 0.15) is 0 Å². The average molecular weight is 268 g/mol. The highest BCUT2D eigenvalue weighted by Gasteiger charge is 2.37. The number of rotatable bonds is 4. The predicted octanol–water partition coefficient (Wildman–Crippen LogP) is 1.06. The minimum atomic E-state index is -4.50. The minimum absolute atomic E-state index is 0.169. The molecule has 0 aliphatic carbocycles. The molecule has 0 saturated heterocycles. The van der Waals surface area contributed by atoms with Crippen molar-refractivity contribution < 1.29 is 18.0 Å². The number of nitrogens with zero attached hydrogens (tertiary/aromatic N) is 3. The second kappa shape index (κ2) is 5.39. The number of hydrogen-bond donors (Lipinski definition) is 1. The van der Waals surface area contributed by atoms with Gasteiger partial charge in [-0.3, -0.25) is 4.79 Å². The molecule has 0 aromatic carbocycles. The smallest absolute Gasteiger partial charge is 0.356 e. The summed E-state index contributed by atoms with van der Waals surface area (Å²) in [5, 5.41) is 9.22. The number of amides is 1. The van der Waals surface area contributed by atoms with Gasteiger partial charge in [0, 0.05) is 26.3 Å². The van der Waals surface area contributed by atoms with Gasteiger partial charge in [-0.15, -0.1) is 10.2 Å². The SMILES string of the molecule is CC(=O)NCCSc1nnc(C(F)(F)F)n1C. The van der Waals surface area contributed by atoms with Gasteiger partial charge in [0.2, 0.25) is 11.7 Å². The van der Waals surface area contributed by atoms with Crippen molar-refractivity contribution in [1.82, 2.24) is 20.1 Å². The first-order valence-electron chi connectivity index (χ1n) is 4.66. The third-order valence-electron chi connectivity index (χ3n) is 1.80. The molecule has 0 spiro atoms. The van der Waals surface area contributed by atoms with Crippen LogP contribution in [0, 0.1) is 0 Å². The van der Waals surface area contributed by atoms with E-state index in [4.69, 9.17) is 0 Å². The first-order valence-corrected chi connectivity index (χ1v) is 5.64. The van der Waals surface area contributed by atoms with Crippen LogP contribution >= 0.6 is 11.8 Å². The van der Waals surface area contributed by atoms with E-state index in [1.54, 1.807) is 0 Å². The van der Waals surface area contributed by atoms with Gasteiger partial charge in [-0.1, -0.05) is 11.8 Å². The van der Waals surface area contributed by atoms with Crippen LogP contribution in [-0.4, -0.2) is 33.0 Å². The molecular formula is C8H11F3N4OS. The Labute approximate surface area is 99.8 Å². The number of thioether (sulfide) groups is 1. The van der Waals surface area contributed by atoms with Crippen molar-refractivity contribution in [2.75, 3.05) is 12.3 Å². The maximum atomic E-state index is 12.4. The summed E-state index contributed by atoms with van der Waals surface area (Å²) >= 11 is 1.10. The maximum absolute atomic E-state index is 12.4. The molecule has 1 rings (SSSR count). The fourth-order valence-corrected chi connectivity index (χ4v) is 1.82. The first kappa shape index (κ1) is 13.8. The largest absolute Gasteiger partial charge is 0.451 e. The van der Waals surface area contributed by atoms with Crippen molar-refractivity contribution in [3.8, 4) is 0 Å². The number of alkyl halides is 3. The molecule has 0 aliphatic rings. The Morgan fingerprint density at radius 2 is 2.12 bits per heavy atom. The second-order valence-corrected chi connectivity index (χ2v) is 4.26. The Morgan fingerprint density at radius 3 is 2.59 bits per heavy atom. The van der Waals surface area contributed by atoms with Crippen LogP contribution in [0.4, 0.5) is 13.2 Å². The molecule has 17 heavy (non-hydrogen) atoms. The van der Waals surface area contributed by atoms with Crippen LogP contribution in [0.15, 0.2) is 5.16 Å². The van der Waals surface area contributed by atoms with E-state index >= 15 is 0 Å². The van der Waals surface area contributed by atoms with Gasteiger partial charge in [-0.2, -0.15) is 13.2 Å². The number of carbonyl (C=O) groups excluding carboxylic acids is 1. The van der Waals surface area contributed by atoms with E-state index in [2.05, 4.69) is 15.5 Å². The molecule has 0 aliphatic heterocycles. The van der Waals surface area contributed by atoms with Crippen molar-refractivity contribution in [1.29, 1.82) is 0 Å². The molecule has 1 aromatic rings. The average Bonchev–Trinajstić information content (AvgIpc) is 2.54. The van der Waals surface area contributed by atoms with E-state index < -0.39 is 12.0 Å². The topological polar surface area (TPSA) is 59.8 Å². The maximum Gasteiger partial charge on any atom is 0.451 e.